The number of guanidine groups is 1. The van der Waals surface area contributed by atoms with Crippen LogP contribution in [-0.2, 0) is 13.1 Å². The van der Waals surface area contributed by atoms with E-state index in [0.29, 0.717) is 13.1 Å². The predicted octanol–water partition coefficient (Wildman–Crippen LogP) is 2.56. The first-order valence-electron chi connectivity index (χ1n) is 8.22. The molecule has 24 heavy (non-hydrogen) atoms. The lowest BCUT2D eigenvalue weighted by Crippen LogP contribution is -2.36. The third-order valence-electron chi connectivity index (χ3n) is 3.66. The lowest BCUT2D eigenvalue weighted by atomic mass is 10.2. The summed E-state index contributed by atoms with van der Waals surface area (Å²) in [6.45, 7) is 9.63. The molecule has 2 aromatic rings. The summed E-state index contributed by atoms with van der Waals surface area (Å²) in [5, 5.41) is 7.63. The van der Waals surface area contributed by atoms with Crippen LogP contribution >= 0.6 is 11.3 Å². The summed E-state index contributed by atoms with van der Waals surface area (Å²) in [4.78, 5) is 16.6. The number of nitrogens with one attached hydrogen (secondary N) is 2. The van der Waals surface area contributed by atoms with E-state index in [4.69, 9.17) is 0 Å². The standard InChI is InChI=1S/C17H26N6S/c1-5-23(6-2)15-8-7-14(10-19-15)11-21-17(18-4)22-12-16-20-9-13(3)24-16/h7-10H,5-6,11-12H2,1-4H3,(H2,18,21,22). The van der Waals surface area contributed by atoms with Crippen LogP contribution in [0.4, 0.5) is 5.82 Å². The van der Waals surface area contributed by atoms with Crippen molar-refractivity contribution in [1.82, 2.24) is 20.6 Å². The molecule has 0 spiro atoms. The molecular formula is C17H26N6S. The minimum atomic E-state index is 0.678. The van der Waals surface area contributed by atoms with Crippen LogP contribution in [0.15, 0.2) is 29.5 Å². The van der Waals surface area contributed by atoms with E-state index in [1.54, 1.807) is 18.4 Å². The van der Waals surface area contributed by atoms with Crippen molar-refractivity contribution < 1.29 is 0 Å². The Morgan fingerprint density at radius 2 is 1.88 bits per heavy atom. The minimum absolute atomic E-state index is 0.678. The van der Waals surface area contributed by atoms with Crippen molar-refractivity contribution in [2.45, 2.75) is 33.9 Å². The van der Waals surface area contributed by atoms with Crippen LogP contribution in [0.3, 0.4) is 0 Å². The molecule has 0 atom stereocenters. The predicted molar refractivity (Wildman–Crippen MR) is 102 cm³/mol. The van der Waals surface area contributed by atoms with Crippen LogP contribution in [0.1, 0.15) is 29.3 Å². The molecule has 2 heterocycles. The van der Waals surface area contributed by atoms with E-state index in [9.17, 15) is 0 Å². The Morgan fingerprint density at radius 3 is 2.42 bits per heavy atom. The second-order valence-corrected chi connectivity index (χ2v) is 6.66. The van der Waals surface area contributed by atoms with Crippen LogP contribution in [0, 0.1) is 6.92 Å². The second-order valence-electron chi connectivity index (χ2n) is 5.34. The number of nitrogens with zero attached hydrogens (tertiary/aromatic N) is 4. The summed E-state index contributed by atoms with van der Waals surface area (Å²) in [5.74, 6) is 1.78. The third kappa shape index (κ3) is 5.19. The minimum Gasteiger partial charge on any atom is -0.357 e. The zero-order valence-corrected chi connectivity index (χ0v) is 15.7. The van der Waals surface area contributed by atoms with Crippen molar-refractivity contribution >= 4 is 23.1 Å². The van der Waals surface area contributed by atoms with Gasteiger partial charge in [-0.05, 0) is 32.4 Å². The Morgan fingerprint density at radius 1 is 1.12 bits per heavy atom. The van der Waals surface area contributed by atoms with Gasteiger partial charge in [0.1, 0.15) is 10.8 Å². The molecule has 0 amide bonds. The van der Waals surface area contributed by atoms with E-state index in [-0.39, 0.29) is 0 Å². The molecule has 0 saturated carbocycles. The van der Waals surface area contributed by atoms with Gasteiger partial charge in [-0.1, -0.05) is 6.07 Å². The number of pyridine rings is 1. The van der Waals surface area contributed by atoms with Gasteiger partial charge in [0.25, 0.3) is 0 Å². The third-order valence-corrected chi connectivity index (χ3v) is 4.57. The maximum absolute atomic E-state index is 4.54. The van der Waals surface area contributed by atoms with Crippen molar-refractivity contribution in [3.05, 3.63) is 40.0 Å². The van der Waals surface area contributed by atoms with Crippen molar-refractivity contribution in [3.63, 3.8) is 0 Å². The highest BCUT2D eigenvalue weighted by Crippen LogP contribution is 2.11. The van der Waals surface area contributed by atoms with Crippen LogP contribution < -0.4 is 15.5 Å². The molecule has 0 saturated heterocycles. The summed E-state index contributed by atoms with van der Waals surface area (Å²) in [6.07, 6.45) is 3.80. The molecule has 0 radical (unpaired) electrons. The topological polar surface area (TPSA) is 65.4 Å². The summed E-state index contributed by atoms with van der Waals surface area (Å²) in [5.41, 5.74) is 1.12. The van der Waals surface area contributed by atoms with Crippen molar-refractivity contribution in [3.8, 4) is 0 Å². The Hall–Kier alpha value is -2.15. The summed E-state index contributed by atoms with van der Waals surface area (Å²) >= 11 is 1.69. The number of hydrogen-bond acceptors (Lipinski definition) is 5. The van der Waals surface area contributed by atoms with E-state index in [1.807, 2.05) is 12.4 Å². The molecular weight excluding hydrogens is 320 g/mol. The average Bonchev–Trinajstić information content (AvgIpc) is 3.03. The molecule has 130 valence electrons. The van der Waals surface area contributed by atoms with Crippen molar-refractivity contribution in [2.24, 2.45) is 4.99 Å². The number of aromatic nitrogens is 2. The molecule has 7 heteroatoms. The first-order valence-corrected chi connectivity index (χ1v) is 9.03. The molecule has 0 aliphatic heterocycles. The molecule has 0 fully saturated rings. The fraction of sp³-hybridized carbons (Fsp3) is 0.471. The molecule has 2 N–H and O–H groups in total. The first-order chi connectivity index (χ1) is 11.7. The lowest BCUT2D eigenvalue weighted by Gasteiger charge is -2.19. The van der Waals surface area contributed by atoms with Gasteiger partial charge < -0.3 is 15.5 Å². The fourth-order valence-corrected chi connectivity index (χ4v) is 3.03. The van der Waals surface area contributed by atoms with E-state index in [2.05, 4.69) is 63.4 Å². The SMILES string of the molecule is CCN(CC)c1ccc(CNC(=NC)NCc2ncc(C)s2)cn1. The maximum Gasteiger partial charge on any atom is 0.191 e. The Kier molecular flexibility index (Phi) is 6.99. The highest BCUT2D eigenvalue weighted by Gasteiger charge is 2.04. The van der Waals surface area contributed by atoms with Gasteiger partial charge >= 0.3 is 0 Å². The van der Waals surface area contributed by atoms with Crippen molar-refractivity contribution in [2.75, 3.05) is 25.0 Å². The lowest BCUT2D eigenvalue weighted by molar-refractivity contribution is 0.799. The highest BCUT2D eigenvalue weighted by molar-refractivity contribution is 7.11. The monoisotopic (exact) mass is 346 g/mol. The zero-order valence-electron chi connectivity index (χ0n) is 14.8. The van der Waals surface area contributed by atoms with Crippen LogP contribution in [0.2, 0.25) is 0 Å². The van der Waals surface area contributed by atoms with E-state index in [0.717, 1.165) is 35.4 Å². The number of hydrogen-bond donors (Lipinski definition) is 2. The molecule has 6 nitrogen and oxygen atoms in total. The van der Waals surface area contributed by atoms with Crippen LogP contribution in [0.25, 0.3) is 0 Å². The summed E-state index contributed by atoms with van der Waals surface area (Å²) < 4.78 is 0. The number of aryl methyl sites for hydroxylation is 1. The molecule has 0 unspecified atom stereocenters. The van der Waals surface area contributed by atoms with E-state index >= 15 is 0 Å². The van der Waals surface area contributed by atoms with Gasteiger partial charge in [-0.15, -0.1) is 11.3 Å². The molecule has 0 bridgehead atoms. The Labute approximate surface area is 148 Å². The van der Waals surface area contributed by atoms with Crippen LogP contribution in [0.5, 0.6) is 0 Å². The Bertz CT molecular complexity index is 645. The number of anilines is 1. The average molecular weight is 347 g/mol. The largest absolute Gasteiger partial charge is 0.357 e. The smallest absolute Gasteiger partial charge is 0.191 e. The summed E-state index contributed by atoms with van der Waals surface area (Å²) in [7, 11) is 1.77. The molecule has 0 aromatic carbocycles. The van der Waals surface area contributed by atoms with E-state index < -0.39 is 0 Å². The van der Waals surface area contributed by atoms with Gasteiger partial charge in [0.15, 0.2) is 5.96 Å². The molecule has 2 rings (SSSR count). The normalized spacial score (nSPS) is 11.4. The molecule has 2 aromatic heterocycles. The second kappa shape index (κ2) is 9.22. The number of rotatable bonds is 7. The van der Waals surface area contributed by atoms with Crippen LogP contribution in [-0.4, -0.2) is 36.1 Å². The highest BCUT2D eigenvalue weighted by atomic mass is 32.1. The van der Waals surface area contributed by atoms with Gasteiger partial charge in [-0.3, -0.25) is 4.99 Å². The Balaban J connectivity index is 1.84. The van der Waals surface area contributed by atoms with E-state index in [1.165, 1.54) is 4.88 Å². The first kappa shape index (κ1) is 18.2. The molecule has 0 aliphatic carbocycles. The van der Waals surface area contributed by atoms with Gasteiger partial charge in [-0.2, -0.15) is 0 Å². The van der Waals surface area contributed by atoms with Gasteiger partial charge in [-0.25, -0.2) is 9.97 Å². The number of aliphatic imine (C=N–C) groups is 1. The van der Waals surface area contributed by atoms with Gasteiger partial charge in [0.2, 0.25) is 0 Å². The van der Waals surface area contributed by atoms with Gasteiger partial charge in [0.05, 0.1) is 6.54 Å². The number of thiazole rings is 1. The zero-order chi connectivity index (χ0) is 17.4. The van der Waals surface area contributed by atoms with Gasteiger partial charge in [0, 0.05) is 44.0 Å². The quantitative estimate of drug-likeness (QED) is 0.596. The molecule has 0 aliphatic rings. The van der Waals surface area contributed by atoms with Crippen molar-refractivity contribution in [1.29, 1.82) is 0 Å². The maximum atomic E-state index is 4.54. The summed E-state index contributed by atoms with van der Waals surface area (Å²) in [6, 6.07) is 4.17. The fourth-order valence-electron chi connectivity index (χ4n) is 2.30.